The summed E-state index contributed by atoms with van der Waals surface area (Å²) in [5.74, 6) is 0.707. The van der Waals surface area contributed by atoms with Crippen molar-refractivity contribution >= 4 is 19.7 Å². The van der Waals surface area contributed by atoms with Gasteiger partial charge in [-0.3, -0.25) is 39.2 Å². The molecule has 7 unspecified atom stereocenters. The smallest absolute Gasteiger partial charge is 0.249 e. The lowest BCUT2D eigenvalue weighted by atomic mass is 9.60. The van der Waals surface area contributed by atoms with Crippen molar-refractivity contribution in [2.75, 3.05) is 135 Å². The number of ether oxygens (including phenoxy) is 3. The molecule has 14 fully saturated rings. The molecular formula is C91H179F2N9O7S2. The molecule has 3 saturated carbocycles. The number of halogens is 2. The van der Waals surface area contributed by atoms with Crippen LogP contribution >= 0.6 is 0 Å². The standard InChI is InChI=1S/C12H21F2N.C12H23N.C11H23NO2S.C11H21N.C10H21N.C9H19NO2S.2C9H17NO.C8H17NO/c1-10(2,3)15-6-4-11(5-7-15)8-12(13,14)9-11;1-11(2,3)13-9-7-12(8-10-13)5-4-6-12;1-10(2,3)12-7-6-11(4,5)15(13,14)9-8-12;1-11(2,3)12-7-9-5-4-6-10(9)8-12;1-10(2,3)11-8-6-4-5-7-9-11;1-9(2,3)10-5-4-7-13(11,12)8-6-10;2*1-9(2,3)10-5-8-4-7(10)6-11-8;1-8(2,3)9-7-4-5-10-6-7/h4-9H2,1-3H3;4-10H2,1-3H3;6-9H2,1-5H3;9-10H,4-8H2,1-3H3;4-9H2,1-3H3;4-8H2,1-3H3;2*7-8H,4-6H2,1-3H3;7,9H,4-6H2,1-3H3. The molecule has 0 aromatic heterocycles. The van der Waals surface area contributed by atoms with Crippen LogP contribution in [0, 0.1) is 22.7 Å². The minimum absolute atomic E-state index is 0.00868. The summed E-state index contributed by atoms with van der Waals surface area (Å²) in [6.45, 7) is 83.5. The summed E-state index contributed by atoms with van der Waals surface area (Å²) in [6.07, 6.45) is 26.1. The molecule has 7 atom stereocenters. The van der Waals surface area contributed by atoms with Crippen molar-refractivity contribution in [3.63, 3.8) is 0 Å². The Morgan fingerprint density at radius 2 is 0.748 bits per heavy atom. The lowest BCUT2D eigenvalue weighted by molar-refractivity contribution is -0.181. The predicted octanol–water partition coefficient (Wildman–Crippen LogP) is 17.8. The van der Waals surface area contributed by atoms with Crippen molar-refractivity contribution in [2.45, 2.75) is 426 Å². The number of fused-ring (bicyclic) bond motifs is 5. The van der Waals surface area contributed by atoms with Crippen molar-refractivity contribution in [3.8, 4) is 0 Å². The first-order valence-corrected chi connectivity index (χ1v) is 48.4. The SMILES string of the molecule is CC(C)(C)N1CC2CC1CO2.CC(C)(C)N1CC2CC1CO2.CC(C)(C)N1CC2CCCC2C1.CC(C)(C)N1CCC(C)(C)S(=O)(=O)CC1.CC(C)(C)N1CCC2(CC1)CC(F)(F)C2.CC(C)(C)N1CCC2(CCC2)CC1.CC(C)(C)N1CCCCCC1.CC(C)(C)N1CCCS(=O)(=O)CC1.CC(C)(C)NC1CCOC1. The summed E-state index contributed by atoms with van der Waals surface area (Å²) in [4.78, 5) is 20.0. The van der Waals surface area contributed by atoms with Gasteiger partial charge in [-0.1, -0.05) is 25.7 Å². The van der Waals surface area contributed by atoms with Gasteiger partial charge in [0, 0.05) is 133 Å². The van der Waals surface area contributed by atoms with Crippen LogP contribution in [0.3, 0.4) is 0 Å². The number of likely N-dealkylation sites (tertiary alicyclic amines) is 6. The van der Waals surface area contributed by atoms with Crippen LogP contribution in [0.25, 0.3) is 0 Å². The molecule has 111 heavy (non-hydrogen) atoms. The maximum absolute atomic E-state index is 12.9. The van der Waals surface area contributed by atoms with Gasteiger partial charge in [0.15, 0.2) is 19.7 Å². The van der Waals surface area contributed by atoms with Crippen LogP contribution in [-0.4, -0.2) is 282 Å². The average Bonchev–Trinajstić information content (AvgIpc) is 1.38. The first-order valence-electron chi connectivity index (χ1n) is 44.9. The molecule has 20 heteroatoms. The van der Waals surface area contributed by atoms with Crippen LogP contribution in [0.5, 0.6) is 0 Å². The Hall–Kier alpha value is -0.720. The fourth-order valence-corrected chi connectivity index (χ4v) is 22.3. The van der Waals surface area contributed by atoms with E-state index in [0.717, 1.165) is 115 Å². The van der Waals surface area contributed by atoms with Gasteiger partial charge in [0.2, 0.25) is 5.92 Å². The van der Waals surface area contributed by atoms with Crippen molar-refractivity contribution in [1.29, 1.82) is 0 Å². The molecule has 3 aliphatic carbocycles. The molecule has 11 heterocycles. The second kappa shape index (κ2) is 39.4. The molecule has 1 N–H and O–H groups in total. The van der Waals surface area contributed by atoms with Gasteiger partial charge in [0.1, 0.15) is 0 Å². The number of alkyl halides is 2. The first kappa shape index (κ1) is 99.1. The van der Waals surface area contributed by atoms with E-state index in [1.165, 1.54) is 129 Å². The summed E-state index contributed by atoms with van der Waals surface area (Å²) < 4.78 is 88.1. The van der Waals surface area contributed by atoms with Crippen LogP contribution in [0.1, 0.15) is 336 Å². The Kier molecular flexibility index (Phi) is 35.2. The zero-order valence-corrected chi connectivity index (χ0v) is 79.4. The van der Waals surface area contributed by atoms with E-state index in [-0.39, 0.29) is 46.2 Å². The lowest BCUT2D eigenvalue weighted by Gasteiger charge is -2.53. The topological polar surface area (TPSA) is 134 Å². The van der Waals surface area contributed by atoms with E-state index in [0.29, 0.717) is 82.6 Å². The molecule has 11 saturated heterocycles. The van der Waals surface area contributed by atoms with Gasteiger partial charge >= 0.3 is 0 Å². The van der Waals surface area contributed by atoms with E-state index in [9.17, 15) is 25.6 Å². The van der Waals surface area contributed by atoms with Crippen LogP contribution in [0.15, 0.2) is 0 Å². The lowest BCUT2D eigenvalue weighted by Crippen LogP contribution is -2.55. The third-order valence-corrected chi connectivity index (χ3v) is 31.8. The Bertz CT molecular complexity index is 2900. The molecule has 2 spiro atoms. The molecule has 4 bridgehead atoms. The summed E-state index contributed by atoms with van der Waals surface area (Å²) in [5, 5.41) is 3.49. The van der Waals surface area contributed by atoms with Crippen LogP contribution < -0.4 is 5.32 Å². The Labute approximate surface area is 684 Å². The van der Waals surface area contributed by atoms with Gasteiger partial charge in [0.05, 0.1) is 54.0 Å². The van der Waals surface area contributed by atoms with E-state index >= 15 is 0 Å². The molecule has 16 nitrogen and oxygen atoms in total. The predicted molar refractivity (Wildman–Crippen MR) is 466 cm³/mol. The molecule has 0 aromatic rings. The van der Waals surface area contributed by atoms with E-state index in [1.807, 2.05) is 13.8 Å². The molecule has 11 aliphatic heterocycles. The van der Waals surface area contributed by atoms with Gasteiger partial charge in [-0.25, -0.2) is 25.6 Å². The normalized spacial score (nSPS) is 30.5. The summed E-state index contributed by atoms with van der Waals surface area (Å²) in [6, 6.07) is 2.00. The molecule has 14 rings (SSSR count). The van der Waals surface area contributed by atoms with Crippen molar-refractivity contribution < 1.29 is 39.8 Å². The number of hydrogen-bond donors (Lipinski definition) is 1. The Balaban J connectivity index is 0.000000195. The minimum atomic E-state index is -2.93. The Morgan fingerprint density at radius 1 is 0.369 bits per heavy atom. The summed E-state index contributed by atoms with van der Waals surface area (Å²) in [7, 11) is -5.69. The highest BCUT2D eigenvalue weighted by molar-refractivity contribution is 7.92. The van der Waals surface area contributed by atoms with Gasteiger partial charge in [0.25, 0.3) is 0 Å². The van der Waals surface area contributed by atoms with Crippen LogP contribution in [-0.2, 0) is 33.9 Å². The molecule has 14 aliphatic rings. The molecule has 0 radical (unpaired) electrons. The second-order valence-electron chi connectivity index (χ2n) is 46.4. The summed E-state index contributed by atoms with van der Waals surface area (Å²) >= 11 is 0. The third-order valence-electron chi connectivity index (χ3n) is 27.5. The van der Waals surface area contributed by atoms with E-state index in [4.69, 9.17) is 14.2 Å². The number of piperidine rings is 2. The molecular weight excluding hydrogens is 1430 g/mol. The highest BCUT2D eigenvalue weighted by atomic mass is 32.2. The second-order valence-corrected chi connectivity index (χ2v) is 51.5. The van der Waals surface area contributed by atoms with Crippen LogP contribution in [0.2, 0.25) is 0 Å². The number of morpholine rings is 2. The van der Waals surface area contributed by atoms with Gasteiger partial charge < -0.3 is 19.5 Å². The number of nitrogens with zero attached hydrogens (tertiary/aromatic N) is 8. The highest BCUT2D eigenvalue weighted by Crippen LogP contribution is 2.58. The number of nitrogens with one attached hydrogen (secondary N) is 1. The van der Waals surface area contributed by atoms with Gasteiger partial charge in [-0.2, -0.15) is 0 Å². The number of rotatable bonds is 1. The van der Waals surface area contributed by atoms with Gasteiger partial charge in [-0.15, -0.1) is 0 Å². The average molecular weight is 1610 g/mol. The first-order chi connectivity index (χ1) is 50.5. The Morgan fingerprint density at radius 3 is 1.08 bits per heavy atom. The zero-order valence-electron chi connectivity index (χ0n) is 77.7. The molecule has 656 valence electrons. The fraction of sp³-hybridized carbons (Fsp3) is 1.00. The number of sulfone groups is 2. The fourth-order valence-electron chi connectivity index (χ4n) is 19.6. The zero-order chi connectivity index (χ0) is 83.7. The quantitative estimate of drug-likeness (QED) is 0.267. The van der Waals surface area contributed by atoms with Crippen LogP contribution in [0.4, 0.5) is 8.78 Å². The third kappa shape index (κ3) is 32.0. The van der Waals surface area contributed by atoms with Crippen molar-refractivity contribution in [1.82, 2.24) is 44.5 Å². The van der Waals surface area contributed by atoms with E-state index in [2.05, 4.69) is 231 Å². The molecule has 0 aromatic carbocycles. The van der Waals surface area contributed by atoms with E-state index in [1.54, 1.807) is 0 Å². The largest absolute Gasteiger partial charge is 0.380 e. The van der Waals surface area contributed by atoms with Crippen molar-refractivity contribution in [3.05, 3.63) is 0 Å². The van der Waals surface area contributed by atoms with E-state index < -0.39 is 30.3 Å². The highest BCUT2D eigenvalue weighted by Gasteiger charge is 2.57. The maximum atomic E-state index is 12.9. The van der Waals surface area contributed by atoms with Gasteiger partial charge in [-0.05, 0) is 366 Å². The monoisotopic (exact) mass is 1610 g/mol. The van der Waals surface area contributed by atoms with Crippen molar-refractivity contribution in [2.24, 2.45) is 22.7 Å². The summed E-state index contributed by atoms with van der Waals surface area (Å²) in [5.41, 5.74) is 3.25. The minimum Gasteiger partial charge on any atom is -0.380 e. The maximum Gasteiger partial charge on any atom is 0.249 e. The number of hydrogen-bond acceptors (Lipinski definition) is 16. The molecule has 0 amide bonds.